The largest absolute Gasteiger partial charge is 0.254 e. The third kappa shape index (κ3) is 7.63. The van der Waals surface area contributed by atoms with Gasteiger partial charge < -0.3 is 0 Å². The molecule has 0 aromatic carbocycles. The van der Waals surface area contributed by atoms with Crippen LogP contribution in [0.2, 0.25) is 0 Å². The van der Waals surface area contributed by atoms with E-state index in [9.17, 15) is 17.6 Å². The summed E-state index contributed by atoms with van der Waals surface area (Å²) in [6, 6.07) is 0. The summed E-state index contributed by atoms with van der Waals surface area (Å²) in [5.41, 5.74) is 0. The van der Waals surface area contributed by atoms with Gasteiger partial charge in [0.1, 0.15) is 0 Å². The molecule has 0 aromatic heterocycles. The summed E-state index contributed by atoms with van der Waals surface area (Å²) < 4.78 is 52.6. The van der Waals surface area contributed by atoms with Crippen LogP contribution in [0.25, 0.3) is 0 Å². The molecular formula is C11H20F4. The summed E-state index contributed by atoms with van der Waals surface area (Å²) in [6.07, 6.45) is -2.27. The van der Waals surface area contributed by atoms with Crippen molar-refractivity contribution in [2.45, 2.75) is 58.8 Å². The predicted molar refractivity (Wildman–Crippen MR) is 53.4 cm³/mol. The third-order valence-corrected chi connectivity index (χ3v) is 1.93. The van der Waals surface area contributed by atoms with Gasteiger partial charge in [-0.3, -0.25) is 0 Å². The minimum absolute atomic E-state index is 0.269. The highest BCUT2D eigenvalue weighted by atomic mass is 19.3. The Kier molecular flexibility index (Phi) is 5.07. The van der Waals surface area contributed by atoms with Crippen molar-refractivity contribution in [1.82, 2.24) is 0 Å². The van der Waals surface area contributed by atoms with Crippen LogP contribution in [-0.4, -0.2) is 11.8 Å². The molecular weight excluding hydrogens is 208 g/mol. The first-order valence-corrected chi connectivity index (χ1v) is 5.30. The zero-order valence-electron chi connectivity index (χ0n) is 9.79. The molecule has 0 fully saturated rings. The molecule has 0 spiro atoms. The molecule has 0 heterocycles. The van der Waals surface area contributed by atoms with Crippen LogP contribution in [0.5, 0.6) is 0 Å². The van der Waals surface area contributed by atoms with Gasteiger partial charge in [0.15, 0.2) is 0 Å². The standard InChI is InChI=1S/C11H20F4/c1-8(2)5-10(12,13)7-11(14,15)6-9(3)4/h8-9H,5-7H2,1-4H3. The van der Waals surface area contributed by atoms with Gasteiger partial charge in [-0.2, -0.15) is 0 Å². The molecule has 0 aliphatic heterocycles. The third-order valence-electron chi connectivity index (χ3n) is 1.93. The molecule has 0 aliphatic rings. The lowest BCUT2D eigenvalue weighted by Crippen LogP contribution is -2.31. The molecule has 4 heteroatoms. The summed E-state index contributed by atoms with van der Waals surface area (Å²) in [7, 11) is 0. The fraction of sp³-hybridized carbons (Fsp3) is 1.00. The Labute approximate surface area is 89.1 Å². The summed E-state index contributed by atoms with van der Waals surface area (Å²) in [5.74, 6) is -7.05. The van der Waals surface area contributed by atoms with E-state index in [0.29, 0.717) is 0 Å². The fourth-order valence-corrected chi connectivity index (χ4v) is 1.72. The number of hydrogen-bond donors (Lipinski definition) is 0. The van der Waals surface area contributed by atoms with E-state index in [0.717, 1.165) is 0 Å². The van der Waals surface area contributed by atoms with E-state index in [1.165, 1.54) is 0 Å². The summed E-state index contributed by atoms with van der Waals surface area (Å²) >= 11 is 0. The Bertz CT molecular complexity index is 165. The molecule has 0 saturated heterocycles. The average Bonchev–Trinajstić information content (AvgIpc) is 1.73. The lowest BCUT2D eigenvalue weighted by atomic mass is 9.95. The van der Waals surface area contributed by atoms with Crippen molar-refractivity contribution in [2.75, 3.05) is 0 Å². The zero-order chi connectivity index (χ0) is 12.3. The minimum atomic E-state index is -3.26. The van der Waals surface area contributed by atoms with E-state index < -0.39 is 31.1 Å². The quantitative estimate of drug-likeness (QED) is 0.576. The molecule has 0 aliphatic carbocycles. The maximum absolute atomic E-state index is 13.1. The molecule has 15 heavy (non-hydrogen) atoms. The van der Waals surface area contributed by atoms with Crippen molar-refractivity contribution >= 4 is 0 Å². The number of halogens is 4. The maximum Gasteiger partial charge on any atom is 0.254 e. The predicted octanol–water partition coefficient (Wildman–Crippen LogP) is 4.74. The maximum atomic E-state index is 13.1. The number of alkyl halides is 4. The normalized spacial score (nSPS) is 14.0. The second-order valence-electron chi connectivity index (χ2n) is 5.08. The summed E-state index contributed by atoms with van der Waals surface area (Å²) in [4.78, 5) is 0. The van der Waals surface area contributed by atoms with Crippen molar-refractivity contribution in [3.63, 3.8) is 0 Å². The first kappa shape index (κ1) is 14.7. The molecule has 0 amide bonds. The van der Waals surface area contributed by atoms with E-state index in [2.05, 4.69) is 0 Å². The van der Waals surface area contributed by atoms with Crippen molar-refractivity contribution < 1.29 is 17.6 Å². The van der Waals surface area contributed by atoms with Crippen molar-refractivity contribution in [1.29, 1.82) is 0 Å². The lowest BCUT2D eigenvalue weighted by molar-refractivity contribution is -0.126. The van der Waals surface area contributed by atoms with E-state index in [1.54, 1.807) is 27.7 Å². The van der Waals surface area contributed by atoms with Gasteiger partial charge in [-0.25, -0.2) is 17.6 Å². The van der Waals surface area contributed by atoms with Gasteiger partial charge in [0.25, 0.3) is 11.8 Å². The van der Waals surface area contributed by atoms with Gasteiger partial charge in [-0.1, -0.05) is 27.7 Å². The molecule has 0 saturated carbocycles. The van der Waals surface area contributed by atoms with Crippen molar-refractivity contribution in [3.8, 4) is 0 Å². The van der Waals surface area contributed by atoms with Crippen LogP contribution >= 0.6 is 0 Å². The van der Waals surface area contributed by atoms with Gasteiger partial charge in [0.2, 0.25) is 0 Å². The SMILES string of the molecule is CC(C)CC(F)(F)CC(F)(F)CC(C)C. The Morgan fingerprint density at radius 2 is 1.00 bits per heavy atom. The van der Waals surface area contributed by atoms with Gasteiger partial charge in [-0.15, -0.1) is 0 Å². The van der Waals surface area contributed by atoms with E-state index in [1.807, 2.05) is 0 Å². The molecule has 92 valence electrons. The van der Waals surface area contributed by atoms with E-state index >= 15 is 0 Å². The smallest absolute Gasteiger partial charge is 0.207 e. The topological polar surface area (TPSA) is 0 Å². The molecule has 0 N–H and O–H groups in total. The number of hydrogen-bond acceptors (Lipinski definition) is 0. The Morgan fingerprint density at radius 1 is 0.733 bits per heavy atom. The molecule has 0 rings (SSSR count). The van der Waals surface area contributed by atoms with E-state index in [-0.39, 0.29) is 11.8 Å². The highest BCUT2D eigenvalue weighted by molar-refractivity contribution is 4.79. The van der Waals surface area contributed by atoms with Crippen LogP contribution in [-0.2, 0) is 0 Å². The Hall–Kier alpha value is -0.280. The summed E-state index contributed by atoms with van der Waals surface area (Å²) in [6.45, 7) is 6.42. The number of rotatable bonds is 6. The fourth-order valence-electron chi connectivity index (χ4n) is 1.72. The first-order valence-electron chi connectivity index (χ1n) is 5.30. The Morgan fingerprint density at radius 3 is 1.20 bits per heavy atom. The van der Waals surface area contributed by atoms with Crippen LogP contribution < -0.4 is 0 Å². The van der Waals surface area contributed by atoms with Gasteiger partial charge in [-0.05, 0) is 11.8 Å². The highest BCUT2D eigenvalue weighted by Gasteiger charge is 2.43. The van der Waals surface area contributed by atoms with Gasteiger partial charge >= 0.3 is 0 Å². The lowest BCUT2D eigenvalue weighted by Gasteiger charge is -2.25. The molecule has 0 nitrogen and oxygen atoms in total. The highest BCUT2D eigenvalue weighted by Crippen LogP contribution is 2.38. The second kappa shape index (κ2) is 5.17. The monoisotopic (exact) mass is 228 g/mol. The molecule has 0 atom stereocenters. The van der Waals surface area contributed by atoms with Gasteiger partial charge in [0, 0.05) is 12.8 Å². The zero-order valence-corrected chi connectivity index (χ0v) is 9.79. The average molecular weight is 228 g/mol. The van der Waals surface area contributed by atoms with Crippen LogP contribution in [0.4, 0.5) is 17.6 Å². The van der Waals surface area contributed by atoms with Crippen molar-refractivity contribution in [3.05, 3.63) is 0 Å². The first-order chi connectivity index (χ1) is 6.54. The minimum Gasteiger partial charge on any atom is -0.207 e. The molecule has 0 aromatic rings. The second-order valence-corrected chi connectivity index (χ2v) is 5.08. The molecule has 0 unspecified atom stereocenters. The van der Waals surface area contributed by atoms with E-state index in [4.69, 9.17) is 0 Å². The molecule has 0 radical (unpaired) electrons. The Balaban J connectivity index is 4.29. The van der Waals surface area contributed by atoms with Crippen LogP contribution in [0.1, 0.15) is 47.0 Å². The van der Waals surface area contributed by atoms with Crippen LogP contribution in [0.3, 0.4) is 0 Å². The van der Waals surface area contributed by atoms with Crippen LogP contribution in [0, 0.1) is 11.8 Å². The summed E-state index contributed by atoms with van der Waals surface area (Å²) in [5, 5.41) is 0. The van der Waals surface area contributed by atoms with Crippen LogP contribution in [0.15, 0.2) is 0 Å². The van der Waals surface area contributed by atoms with Gasteiger partial charge in [0.05, 0.1) is 6.42 Å². The molecule has 0 bridgehead atoms. The van der Waals surface area contributed by atoms with Crippen molar-refractivity contribution in [2.24, 2.45) is 11.8 Å².